The Kier molecular flexibility index (Phi) is 6.01. The van der Waals surface area contributed by atoms with Crippen LogP contribution in [0.3, 0.4) is 0 Å². The monoisotopic (exact) mass is 255 g/mol. The molecule has 0 heterocycles. The summed E-state index contributed by atoms with van der Waals surface area (Å²) in [5.74, 6) is 0.219. The number of ether oxygens (including phenoxy) is 1. The van der Waals surface area contributed by atoms with E-state index in [0.29, 0.717) is 29.7 Å². The first-order chi connectivity index (χ1) is 8.11. The molecule has 17 heavy (non-hydrogen) atoms. The van der Waals surface area contributed by atoms with Crippen LogP contribution < -0.4 is 5.32 Å². The van der Waals surface area contributed by atoms with E-state index in [-0.39, 0.29) is 5.97 Å². The Morgan fingerprint density at radius 2 is 2.12 bits per heavy atom. The third kappa shape index (κ3) is 5.20. The van der Waals surface area contributed by atoms with Gasteiger partial charge in [-0.2, -0.15) is 0 Å². The first-order valence-electron chi connectivity index (χ1n) is 5.73. The van der Waals surface area contributed by atoms with Crippen molar-refractivity contribution < 1.29 is 9.53 Å². The lowest BCUT2D eigenvalue weighted by Gasteiger charge is -2.08. The molecule has 0 fully saturated rings. The molecule has 0 unspecified atom stereocenters. The first kappa shape index (κ1) is 14.0. The fourth-order valence-electron chi connectivity index (χ4n) is 1.31. The van der Waals surface area contributed by atoms with Gasteiger partial charge in [0.2, 0.25) is 0 Å². The number of hydrogen-bond donors (Lipinski definition) is 1. The van der Waals surface area contributed by atoms with Crippen molar-refractivity contribution >= 4 is 17.6 Å². The molecule has 3 nitrogen and oxygen atoms in total. The number of esters is 1. The fraction of sp³-hybridized carbons (Fsp3) is 0.462. The van der Waals surface area contributed by atoms with Crippen LogP contribution in [0.5, 0.6) is 0 Å². The summed E-state index contributed by atoms with van der Waals surface area (Å²) in [4.78, 5) is 11.6. The van der Waals surface area contributed by atoms with Crippen molar-refractivity contribution in [2.45, 2.75) is 13.8 Å². The van der Waals surface area contributed by atoms with Crippen LogP contribution in [0.2, 0.25) is 5.02 Å². The zero-order valence-corrected chi connectivity index (χ0v) is 11.0. The minimum Gasteiger partial charge on any atom is -0.461 e. The van der Waals surface area contributed by atoms with E-state index in [9.17, 15) is 4.79 Å². The third-order valence-corrected chi connectivity index (χ3v) is 2.49. The van der Waals surface area contributed by atoms with E-state index in [4.69, 9.17) is 16.3 Å². The number of carbonyl (C=O) groups excluding carboxylic acids is 1. The summed E-state index contributed by atoms with van der Waals surface area (Å²) in [7, 11) is 0. The maximum absolute atomic E-state index is 11.6. The van der Waals surface area contributed by atoms with Crippen molar-refractivity contribution in [3.8, 4) is 0 Å². The molecule has 0 spiro atoms. The molecule has 0 aromatic heterocycles. The van der Waals surface area contributed by atoms with Gasteiger partial charge >= 0.3 is 5.97 Å². The predicted molar refractivity (Wildman–Crippen MR) is 69.4 cm³/mol. The standard InChI is InChI=1S/C13H18ClNO2/c1-10(2)9-15-7-8-17-13(16)11-5-3-4-6-12(11)14/h3-6,10,15H,7-9H2,1-2H3. The van der Waals surface area contributed by atoms with Crippen LogP contribution in [0.15, 0.2) is 24.3 Å². The second-order valence-electron chi connectivity index (χ2n) is 4.21. The van der Waals surface area contributed by atoms with E-state index >= 15 is 0 Å². The Hall–Kier alpha value is -1.06. The van der Waals surface area contributed by atoms with E-state index in [1.165, 1.54) is 0 Å². The van der Waals surface area contributed by atoms with Gasteiger partial charge in [-0.1, -0.05) is 37.6 Å². The van der Waals surface area contributed by atoms with Crippen LogP contribution in [0.4, 0.5) is 0 Å². The molecule has 0 atom stereocenters. The van der Waals surface area contributed by atoms with E-state index in [1.807, 2.05) is 0 Å². The zero-order valence-electron chi connectivity index (χ0n) is 10.2. The Bertz CT molecular complexity index is 366. The summed E-state index contributed by atoms with van der Waals surface area (Å²) >= 11 is 5.88. The van der Waals surface area contributed by atoms with Gasteiger partial charge in [-0.15, -0.1) is 0 Å². The highest BCUT2D eigenvalue weighted by molar-refractivity contribution is 6.33. The average Bonchev–Trinajstić information content (AvgIpc) is 2.28. The van der Waals surface area contributed by atoms with Crippen LogP contribution in [-0.2, 0) is 4.74 Å². The summed E-state index contributed by atoms with van der Waals surface area (Å²) in [5, 5.41) is 3.62. The minimum atomic E-state index is -0.373. The van der Waals surface area contributed by atoms with Gasteiger partial charge < -0.3 is 10.1 Å². The van der Waals surface area contributed by atoms with Crippen LogP contribution in [0.25, 0.3) is 0 Å². The lowest BCUT2D eigenvalue weighted by Crippen LogP contribution is -2.25. The molecule has 0 aliphatic rings. The molecule has 1 rings (SSSR count). The number of benzene rings is 1. The number of halogens is 1. The highest BCUT2D eigenvalue weighted by Gasteiger charge is 2.10. The lowest BCUT2D eigenvalue weighted by molar-refractivity contribution is 0.0508. The molecular formula is C13H18ClNO2. The quantitative estimate of drug-likeness (QED) is 0.628. The van der Waals surface area contributed by atoms with Gasteiger partial charge in [0.05, 0.1) is 10.6 Å². The molecule has 4 heteroatoms. The van der Waals surface area contributed by atoms with Crippen molar-refractivity contribution in [1.82, 2.24) is 5.32 Å². The zero-order chi connectivity index (χ0) is 12.7. The van der Waals surface area contributed by atoms with Gasteiger partial charge in [-0.25, -0.2) is 4.79 Å². The highest BCUT2D eigenvalue weighted by Crippen LogP contribution is 2.15. The van der Waals surface area contributed by atoms with Crippen molar-refractivity contribution in [2.75, 3.05) is 19.7 Å². The van der Waals surface area contributed by atoms with Crippen molar-refractivity contribution in [3.05, 3.63) is 34.9 Å². The molecule has 94 valence electrons. The number of hydrogen-bond acceptors (Lipinski definition) is 3. The predicted octanol–water partition coefficient (Wildman–Crippen LogP) is 2.74. The number of rotatable bonds is 6. The molecule has 1 aromatic carbocycles. The fourth-order valence-corrected chi connectivity index (χ4v) is 1.52. The Balaban J connectivity index is 2.29. The third-order valence-electron chi connectivity index (χ3n) is 2.16. The van der Waals surface area contributed by atoms with Gasteiger partial charge in [0.15, 0.2) is 0 Å². The summed E-state index contributed by atoms with van der Waals surface area (Å²) in [6.07, 6.45) is 0. The van der Waals surface area contributed by atoms with E-state index in [0.717, 1.165) is 6.54 Å². The topological polar surface area (TPSA) is 38.3 Å². The van der Waals surface area contributed by atoms with E-state index in [2.05, 4.69) is 19.2 Å². The number of nitrogens with one attached hydrogen (secondary N) is 1. The summed E-state index contributed by atoms with van der Waals surface area (Å²) in [6.45, 7) is 6.19. The van der Waals surface area contributed by atoms with Crippen molar-refractivity contribution in [2.24, 2.45) is 5.92 Å². The largest absolute Gasteiger partial charge is 0.461 e. The molecule has 1 aromatic rings. The molecule has 0 radical (unpaired) electrons. The summed E-state index contributed by atoms with van der Waals surface area (Å²) < 4.78 is 5.10. The van der Waals surface area contributed by atoms with Crippen molar-refractivity contribution in [3.63, 3.8) is 0 Å². The average molecular weight is 256 g/mol. The van der Waals surface area contributed by atoms with Crippen LogP contribution in [0, 0.1) is 5.92 Å². The SMILES string of the molecule is CC(C)CNCCOC(=O)c1ccccc1Cl. The molecule has 0 saturated carbocycles. The molecule has 0 bridgehead atoms. The molecule has 0 aliphatic heterocycles. The Morgan fingerprint density at radius 1 is 1.41 bits per heavy atom. The second kappa shape index (κ2) is 7.30. The molecule has 1 N–H and O–H groups in total. The Labute approximate surface area is 107 Å². The summed E-state index contributed by atoms with van der Waals surface area (Å²) in [6, 6.07) is 6.88. The first-order valence-corrected chi connectivity index (χ1v) is 6.11. The van der Waals surface area contributed by atoms with Gasteiger partial charge in [0.25, 0.3) is 0 Å². The van der Waals surface area contributed by atoms with E-state index < -0.39 is 0 Å². The second-order valence-corrected chi connectivity index (χ2v) is 4.62. The summed E-state index contributed by atoms with van der Waals surface area (Å²) in [5.41, 5.74) is 0.415. The maximum atomic E-state index is 11.6. The minimum absolute atomic E-state index is 0.358. The van der Waals surface area contributed by atoms with Crippen LogP contribution >= 0.6 is 11.6 Å². The van der Waals surface area contributed by atoms with Gasteiger partial charge in [0.1, 0.15) is 6.61 Å². The normalized spacial score (nSPS) is 10.6. The molecule has 0 saturated heterocycles. The van der Waals surface area contributed by atoms with Gasteiger partial charge in [-0.05, 0) is 24.6 Å². The van der Waals surface area contributed by atoms with Gasteiger partial charge in [-0.3, -0.25) is 0 Å². The van der Waals surface area contributed by atoms with Crippen LogP contribution in [-0.4, -0.2) is 25.7 Å². The molecule has 0 aliphatic carbocycles. The van der Waals surface area contributed by atoms with E-state index in [1.54, 1.807) is 24.3 Å². The molecular weight excluding hydrogens is 238 g/mol. The number of carbonyl (C=O) groups is 1. The van der Waals surface area contributed by atoms with Crippen LogP contribution in [0.1, 0.15) is 24.2 Å². The Morgan fingerprint density at radius 3 is 2.76 bits per heavy atom. The lowest BCUT2D eigenvalue weighted by atomic mass is 10.2. The highest BCUT2D eigenvalue weighted by atomic mass is 35.5. The smallest absolute Gasteiger partial charge is 0.339 e. The van der Waals surface area contributed by atoms with Crippen molar-refractivity contribution in [1.29, 1.82) is 0 Å². The van der Waals surface area contributed by atoms with Gasteiger partial charge in [0, 0.05) is 6.54 Å². The maximum Gasteiger partial charge on any atom is 0.339 e. The molecule has 0 amide bonds.